The van der Waals surface area contributed by atoms with Crippen LogP contribution in [0.25, 0.3) is 0 Å². The lowest BCUT2D eigenvalue weighted by Crippen LogP contribution is -2.54. The molecule has 9 heteroatoms. The van der Waals surface area contributed by atoms with Crippen LogP contribution < -0.4 is 10.1 Å². The minimum absolute atomic E-state index is 0.0129. The molecule has 2 aromatic carbocycles. The van der Waals surface area contributed by atoms with E-state index >= 15 is 0 Å². The van der Waals surface area contributed by atoms with Gasteiger partial charge in [0.15, 0.2) is 0 Å². The van der Waals surface area contributed by atoms with Crippen LogP contribution in [0.2, 0.25) is 0 Å². The highest BCUT2D eigenvalue weighted by molar-refractivity contribution is 5.84. The molecule has 2 heterocycles. The molecule has 9 nitrogen and oxygen atoms in total. The number of amides is 3. The summed E-state index contributed by atoms with van der Waals surface area (Å²) in [5, 5.41) is 3.31. The predicted molar refractivity (Wildman–Crippen MR) is 184 cm³/mol. The zero-order chi connectivity index (χ0) is 34.2. The summed E-state index contributed by atoms with van der Waals surface area (Å²) in [6.07, 6.45) is 3.33. The van der Waals surface area contributed by atoms with E-state index in [-0.39, 0.29) is 24.9 Å². The van der Waals surface area contributed by atoms with E-state index in [4.69, 9.17) is 14.2 Å². The first-order chi connectivity index (χ1) is 22.4. The summed E-state index contributed by atoms with van der Waals surface area (Å²) in [5.41, 5.74) is 0.844. The standard InChI is InChI=1S/C38H55N3O6/c1-8-40(21-19-27(2)3)35(43)29-23-28(24-41(25-29)36(44)47-37(4,5)6)34(42)39-26-38(20-13-14-22-45-7)30-15-9-11-17-32(30)46-33-18-12-10-16-31(33)38/h9-12,15-18,27-29H,8,13-14,19-26H2,1-7H3,(H,39,42). The Morgan fingerprint density at radius 3 is 2.19 bits per heavy atom. The Kier molecular flexibility index (Phi) is 12.3. The number of carbonyl (C=O) groups is 3. The van der Waals surface area contributed by atoms with Crippen LogP contribution in [-0.4, -0.2) is 79.7 Å². The van der Waals surface area contributed by atoms with E-state index in [0.29, 0.717) is 38.6 Å². The number of piperidine rings is 1. The van der Waals surface area contributed by atoms with Gasteiger partial charge in [0.25, 0.3) is 0 Å². The maximum Gasteiger partial charge on any atom is 0.410 e. The number of benzene rings is 2. The van der Waals surface area contributed by atoms with E-state index in [2.05, 4.69) is 31.3 Å². The van der Waals surface area contributed by atoms with Crippen LogP contribution in [0.15, 0.2) is 48.5 Å². The normalized spacial score (nSPS) is 18.5. The highest BCUT2D eigenvalue weighted by Crippen LogP contribution is 2.50. The molecular weight excluding hydrogens is 594 g/mol. The molecule has 1 N–H and O–H groups in total. The molecule has 2 aliphatic rings. The molecule has 0 bridgehead atoms. The van der Waals surface area contributed by atoms with Gasteiger partial charge in [-0.1, -0.05) is 50.2 Å². The summed E-state index contributed by atoms with van der Waals surface area (Å²) in [5.74, 6) is 0.791. The summed E-state index contributed by atoms with van der Waals surface area (Å²) in [6, 6.07) is 16.1. The van der Waals surface area contributed by atoms with Crippen molar-refractivity contribution < 1.29 is 28.6 Å². The van der Waals surface area contributed by atoms with Gasteiger partial charge in [-0.3, -0.25) is 9.59 Å². The van der Waals surface area contributed by atoms with Crippen molar-refractivity contribution in [1.82, 2.24) is 15.1 Å². The molecule has 0 spiro atoms. The molecule has 0 aliphatic carbocycles. The SMILES string of the molecule is CCN(CCC(C)C)C(=O)C1CC(C(=O)NCC2(CCCCOC)c3ccccc3Oc3ccccc32)CN(C(=O)OC(C)(C)C)C1. The van der Waals surface area contributed by atoms with E-state index in [1.165, 1.54) is 0 Å². The summed E-state index contributed by atoms with van der Waals surface area (Å²) >= 11 is 0. The van der Waals surface area contributed by atoms with Crippen LogP contribution in [0.1, 0.15) is 84.8 Å². The summed E-state index contributed by atoms with van der Waals surface area (Å²) in [7, 11) is 1.71. The lowest BCUT2D eigenvalue weighted by Gasteiger charge is -2.42. The van der Waals surface area contributed by atoms with Gasteiger partial charge in [0.1, 0.15) is 17.1 Å². The molecule has 2 aromatic rings. The minimum atomic E-state index is -0.697. The minimum Gasteiger partial charge on any atom is -0.457 e. The number of methoxy groups -OCH3 is 1. The molecule has 1 saturated heterocycles. The van der Waals surface area contributed by atoms with Crippen LogP contribution in [0.5, 0.6) is 11.5 Å². The monoisotopic (exact) mass is 649 g/mol. The van der Waals surface area contributed by atoms with Crippen molar-refractivity contribution in [3.63, 3.8) is 0 Å². The molecule has 0 saturated carbocycles. The number of hydrogen-bond acceptors (Lipinski definition) is 6. The molecule has 0 aromatic heterocycles. The fourth-order valence-electron chi connectivity index (χ4n) is 6.81. The van der Waals surface area contributed by atoms with Crippen LogP contribution in [0, 0.1) is 17.8 Å². The number of fused-ring (bicyclic) bond motifs is 2. The maximum absolute atomic E-state index is 14.2. The molecule has 0 radical (unpaired) electrons. The number of hydrogen-bond donors (Lipinski definition) is 1. The molecule has 2 atom stereocenters. The lowest BCUT2D eigenvalue weighted by atomic mass is 9.69. The maximum atomic E-state index is 14.2. The largest absolute Gasteiger partial charge is 0.457 e. The molecule has 258 valence electrons. The number of rotatable bonds is 13. The lowest BCUT2D eigenvalue weighted by molar-refractivity contribution is -0.139. The zero-order valence-electron chi connectivity index (χ0n) is 29.5. The highest BCUT2D eigenvalue weighted by atomic mass is 16.6. The first kappa shape index (κ1) is 36.2. The molecule has 2 aliphatic heterocycles. The average Bonchev–Trinajstić information content (AvgIpc) is 3.04. The Labute approximate surface area is 281 Å². The van der Waals surface area contributed by atoms with Crippen molar-refractivity contribution in [3.8, 4) is 11.5 Å². The van der Waals surface area contributed by atoms with Gasteiger partial charge in [-0.2, -0.15) is 0 Å². The van der Waals surface area contributed by atoms with Gasteiger partial charge >= 0.3 is 6.09 Å². The fraction of sp³-hybridized carbons (Fsp3) is 0.605. The van der Waals surface area contributed by atoms with Crippen LogP contribution >= 0.6 is 0 Å². The molecule has 3 amide bonds. The Balaban J connectivity index is 1.62. The van der Waals surface area contributed by atoms with Gasteiger partial charge in [-0.15, -0.1) is 0 Å². The van der Waals surface area contributed by atoms with Gasteiger partial charge in [0.05, 0.1) is 11.8 Å². The quantitative estimate of drug-likeness (QED) is 0.240. The van der Waals surface area contributed by atoms with Gasteiger partial charge in [0.2, 0.25) is 11.8 Å². The van der Waals surface area contributed by atoms with Gasteiger partial charge in [-0.05, 0) is 77.8 Å². The predicted octanol–water partition coefficient (Wildman–Crippen LogP) is 6.78. The van der Waals surface area contributed by atoms with E-state index < -0.39 is 28.9 Å². The van der Waals surface area contributed by atoms with Crippen molar-refractivity contribution in [1.29, 1.82) is 0 Å². The average molecular weight is 650 g/mol. The number of carbonyl (C=O) groups excluding carboxylic acids is 3. The Morgan fingerprint density at radius 2 is 1.62 bits per heavy atom. The molecule has 2 unspecified atom stereocenters. The van der Waals surface area contributed by atoms with Crippen LogP contribution in [-0.2, 0) is 24.5 Å². The van der Waals surface area contributed by atoms with Crippen molar-refractivity contribution in [3.05, 3.63) is 59.7 Å². The molecule has 1 fully saturated rings. The first-order valence-corrected chi connectivity index (χ1v) is 17.3. The summed E-state index contributed by atoms with van der Waals surface area (Å²) in [6.45, 7) is 14.4. The summed E-state index contributed by atoms with van der Waals surface area (Å²) < 4.78 is 17.4. The van der Waals surface area contributed by atoms with Gasteiger partial charge in [-0.25, -0.2) is 4.79 Å². The van der Waals surface area contributed by atoms with E-state index in [1.807, 2.05) is 69.0 Å². The number of ether oxygens (including phenoxy) is 3. The molecule has 47 heavy (non-hydrogen) atoms. The third-order valence-electron chi connectivity index (χ3n) is 9.28. The highest BCUT2D eigenvalue weighted by Gasteiger charge is 2.44. The first-order valence-electron chi connectivity index (χ1n) is 17.3. The number of para-hydroxylation sites is 2. The second kappa shape index (κ2) is 16.0. The molecule has 4 rings (SSSR count). The van der Waals surface area contributed by atoms with Gasteiger partial charge in [0, 0.05) is 63.0 Å². The number of nitrogens with one attached hydrogen (secondary N) is 1. The number of unbranched alkanes of at least 4 members (excludes halogenated alkanes) is 1. The third kappa shape index (κ3) is 9.06. The number of nitrogens with zero attached hydrogens (tertiary/aromatic N) is 2. The Bertz CT molecular complexity index is 1320. The molecular formula is C38H55N3O6. The van der Waals surface area contributed by atoms with E-state index in [0.717, 1.165) is 48.3 Å². The van der Waals surface area contributed by atoms with E-state index in [1.54, 1.807) is 12.0 Å². The zero-order valence-corrected chi connectivity index (χ0v) is 29.5. The smallest absolute Gasteiger partial charge is 0.410 e. The summed E-state index contributed by atoms with van der Waals surface area (Å²) in [4.78, 5) is 44.8. The fourth-order valence-corrected chi connectivity index (χ4v) is 6.81. The Hall–Kier alpha value is -3.59. The van der Waals surface area contributed by atoms with Crippen molar-refractivity contribution in [2.24, 2.45) is 17.8 Å². The van der Waals surface area contributed by atoms with Crippen molar-refractivity contribution in [2.75, 3.05) is 46.4 Å². The van der Waals surface area contributed by atoms with Crippen LogP contribution in [0.4, 0.5) is 4.79 Å². The van der Waals surface area contributed by atoms with Crippen LogP contribution in [0.3, 0.4) is 0 Å². The Morgan fingerprint density at radius 1 is 1.00 bits per heavy atom. The van der Waals surface area contributed by atoms with E-state index in [9.17, 15) is 14.4 Å². The second-order valence-electron chi connectivity index (χ2n) is 14.5. The van der Waals surface area contributed by atoms with Gasteiger partial charge < -0.3 is 29.3 Å². The van der Waals surface area contributed by atoms with Crippen molar-refractivity contribution in [2.45, 2.75) is 84.7 Å². The third-order valence-corrected chi connectivity index (χ3v) is 9.28. The second-order valence-corrected chi connectivity index (χ2v) is 14.5. The number of likely N-dealkylation sites (tertiary alicyclic amines) is 1. The topological polar surface area (TPSA) is 97.4 Å². The van der Waals surface area contributed by atoms with Crippen molar-refractivity contribution >= 4 is 17.9 Å².